The van der Waals surface area contributed by atoms with Gasteiger partial charge in [-0.25, -0.2) is 4.98 Å². The van der Waals surface area contributed by atoms with Crippen molar-refractivity contribution in [2.75, 3.05) is 11.9 Å². The highest BCUT2D eigenvalue weighted by atomic mass is 16.1. The molecule has 2 aromatic rings. The summed E-state index contributed by atoms with van der Waals surface area (Å²) in [5.41, 5.74) is 6.75. The summed E-state index contributed by atoms with van der Waals surface area (Å²) in [6.45, 7) is 2.68. The van der Waals surface area contributed by atoms with Crippen molar-refractivity contribution in [3.63, 3.8) is 0 Å². The fourth-order valence-corrected chi connectivity index (χ4v) is 2.09. The van der Waals surface area contributed by atoms with Gasteiger partial charge < -0.3 is 15.2 Å². The summed E-state index contributed by atoms with van der Waals surface area (Å²) < 4.78 is 1.65. The maximum absolute atomic E-state index is 12.4. The molecule has 0 unspecified atom stereocenters. The average molecular weight is 285 g/mol. The fourth-order valence-electron chi connectivity index (χ4n) is 2.09. The van der Waals surface area contributed by atoms with E-state index in [-0.39, 0.29) is 11.4 Å². The zero-order valence-corrected chi connectivity index (χ0v) is 12.2. The maximum atomic E-state index is 12.4. The van der Waals surface area contributed by atoms with Gasteiger partial charge >= 0.3 is 0 Å². The maximum Gasteiger partial charge on any atom is 0.293 e. The number of nitrogens with one attached hydrogen (secondary N) is 1. The van der Waals surface area contributed by atoms with Crippen LogP contribution in [0.1, 0.15) is 18.9 Å². The third kappa shape index (κ3) is 3.10. The molecular weight excluding hydrogens is 266 g/mol. The Hall–Kier alpha value is -2.63. The molecule has 0 aliphatic carbocycles. The van der Waals surface area contributed by atoms with E-state index in [9.17, 15) is 4.79 Å². The van der Waals surface area contributed by atoms with E-state index in [0.29, 0.717) is 17.9 Å². The molecule has 0 atom stereocenters. The van der Waals surface area contributed by atoms with E-state index in [1.807, 2.05) is 13.0 Å². The van der Waals surface area contributed by atoms with Crippen molar-refractivity contribution >= 4 is 17.3 Å². The molecule has 2 rings (SSSR count). The summed E-state index contributed by atoms with van der Waals surface area (Å²) in [5, 5.41) is 7.49. The van der Waals surface area contributed by atoms with Crippen LogP contribution in [0.2, 0.25) is 0 Å². The van der Waals surface area contributed by atoms with E-state index < -0.39 is 0 Å². The van der Waals surface area contributed by atoms with Crippen LogP contribution in [0.3, 0.4) is 0 Å². The molecular formula is C15H19N5O. The predicted octanol–water partition coefficient (Wildman–Crippen LogP) is 1.71. The number of nitrogens with two attached hydrogens (primary N) is 1. The Morgan fingerprint density at radius 1 is 1.48 bits per heavy atom. The largest absolute Gasteiger partial charge is 0.384 e. The van der Waals surface area contributed by atoms with E-state index in [2.05, 4.69) is 4.98 Å². The first-order chi connectivity index (χ1) is 10.0. The second-order valence-corrected chi connectivity index (χ2v) is 4.77. The third-order valence-corrected chi connectivity index (χ3v) is 3.22. The van der Waals surface area contributed by atoms with Gasteiger partial charge in [-0.05, 0) is 18.6 Å². The van der Waals surface area contributed by atoms with Crippen LogP contribution >= 0.6 is 0 Å². The summed E-state index contributed by atoms with van der Waals surface area (Å²) in [6.07, 6.45) is 4.19. The van der Waals surface area contributed by atoms with Crippen LogP contribution in [0.15, 0.2) is 41.5 Å². The average Bonchev–Trinajstić information content (AvgIpc) is 2.49. The number of amidine groups is 1. The molecule has 1 aromatic heterocycles. The molecule has 6 nitrogen and oxygen atoms in total. The molecule has 0 saturated heterocycles. The Bertz CT molecular complexity index is 707. The molecule has 3 N–H and O–H groups in total. The molecule has 21 heavy (non-hydrogen) atoms. The smallest absolute Gasteiger partial charge is 0.293 e. The first-order valence-electron chi connectivity index (χ1n) is 6.78. The van der Waals surface area contributed by atoms with Gasteiger partial charge in [0.25, 0.3) is 5.56 Å². The summed E-state index contributed by atoms with van der Waals surface area (Å²) in [7, 11) is 1.78. The molecule has 0 amide bonds. The molecule has 1 heterocycles. The lowest BCUT2D eigenvalue weighted by molar-refractivity contribution is 0.648. The molecule has 0 fully saturated rings. The van der Waals surface area contributed by atoms with Crippen molar-refractivity contribution in [2.24, 2.45) is 5.73 Å². The summed E-state index contributed by atoms with van der Waals surface area (Å²) >= 11 is 0. The number of hydrogen-bond donors (Lipinski definition) is 2. The molecule has 0 bridgehead atoms. The molecule has 6 heteroatoms. The van der Waals surface area contributed by atoms with E-state index in [1.165, 1.54) is 0 Å². The summed E-state index contributed by atoms with van der Waals surface area (Å²) in [5.74, 6) is 0.348. The van der Waals surface area contributed by atoms with Crippen LogP contribution in [-0.4, -0.2) is 22.4 Å². The first kappa shape index (κ1) is 14.8. The van der Waals surface area contributed by atoms with Gasteiger partial charge in [0.15, 0.2) is 5.82 Å². The van der Waals surface area contributed by atoms with Crippen LogP contribution in [0.5, 0.6) is 0 Å². The highest BCUT2D eigenvalue weighted by Crippen LogP contribution is 2.19. The lowest BCUT2D eigenvalue weighted by Gasteiger charge is -2.19. The van der Waals surface area contributed by atoms with E-state index >= 15 is 0 Å². The molecule has 0 aliphatic heterocycles. The zero-order valence-electron chi connectivity index (χ0n) is 12.2. The summed E-state index contributed by atoms with van der Waals surface area (Å²) in [6, 6.07) is 7.18. The number of hydrogen-bond acceptors (Lipinski definition) is 4. The van der Waals surface area contributed by atoms with E-state index in [0.717, 1.165) is 12.1 Å². The Kier molecular flexibility index (Phi) is 4.37. The van der Waals surface area contributed by atoms with Crippen molar-refractivity contribution < 1.29 is 0 Å². The Balaban J connectivity index is 2.43. The number of benzene rings is 1. The van der Waals surface area contributed by atoms with Crippen LogP contribution < -0.4 is 16.2 Å². The Morgan fingerprint density at radius 3 is 2.90 bits per heavy atom. The van der Waals surface area contributed by atoms with E-state index in [1.54, 1.807) is 47.1 Å². The monoisotopic (exact) mass is 285 g/mol. The molecule has 0 spiro atoms. The molecule has 110 valence electrons. The lowest BCUT2D eigenvalue weighted by Crippen LogP contribution is -2.28. The normalized spacial score (nSPS) is 10.4. The van der Waals surface area contributed by atoms with Crippen molar-refractivity contribution in [2.45, 2.75) is 19.9 Å². The number of nitrogens with zero attached hydrogens (tertiary/aromatic N) is 3. The molecule has 1 aromatic carbocycles. The van der Waals surface area contributed by atoms with Crippen LogP contribution in [0.25, 0.3) is 0 Å². The van der Waals surface area contributed by atoms with Gasteiger partial charge in [0.05, 0.1) is 0 Å². The minimum absolute atomic E-state index is 0.00494. The topological polar surface area (TPSA) is 88.0 Å². The van der Waals surface area contributed by atoms with Gasteiger partial charge in [-0.1, -0.05) is 19.1 Å². The predicted molar refractivity (Wildman–Crippen MR) is 84.3 cm³/mol. The number of aromatic nitrogens is 2. The van der Waals surface area contributed by atoms with Crippen molar-refractivity contribution in [1.29, 1.82) is 5.41 Å². The number of aryl methyl sites for hydroxylation is 1. The van der Waals surface area contributed by atoms with Gasteiger partial charge in [0.2, 0.25) is 0 Å². The second kappa shape index (κ2) is 6.21. The van der Waals surface area contributed by atoms with Crippen molar-refractivity contribution in [3.05, 3.63) is 52.6 Å². The molecule has 0 radical (unpaired) electrons. The van der Waals surface area contributed by atoms with Gasteiger partial charge in [-0.3, -0.25) is 10.2 Å². The number of nitrogen functional groups attached to an aromatic ring is 1. The quantitative estimate of drug-likeness (QED) is 0.646. The van der Waals surface area contributed by atoms with Crippen LogP contribution in [-0.2, 0) is 6.54 Å². The van der Waals surface area contributed by atoms with Gasteiger partial charge in [-0.15, -0.1) is 0 Å². The van der Waals surface area contributed by atoms with Gasteiger partial charge in [0, 0.05) is 37.2 Å². The Morgan fingerprint density at radius 2 is 2.24 bits per heavy atom. The standard InChI is InChI=1S/C15H19N5O/c1-3-8-20-9-7-18-14(15(20)21)19(2)12-6-4-5-11(10-12)13(16)17/h4-7,9-10H,3,8H2,1-2H3,(H3,16,17). The SMILES string of the molecule is CCCn1ccnc(N(C)c2cccc(C(=N)N)c2)c1=O. The number of anilines is 2. The van der Waals surface area contributed by atoms with Crippen LogP contribution in [0.4, 0.5) is 11.5 Å². The Labute approximate surface area is 123 Å². The molecule has 0 saturated carbocycles. The zero-order chi connectivity index (χ0) is 15.4. The second-order valence-electron chi connectivity index (χ2n) is 4.77. The van der Waals surface area contributed by atoms with Gasteiger partial charge in [0.1, 0.15) is 5.84 Å². The third-order valence-electron chi connectivity index (χ3n) is 3.22. The van der Waals surface area contributed by atoms with Gasteiger partial charge in [-0.2, -0.15) is 0 Å². The van der Waals surface area contributed by atoms with Crippen LogP contribution in [0, 0.1) is 5.41 Å². The highest BCUT2D eigenvalue weighted by molar-refractivity contribution is 5.95. The lowest BCUT2D eigenvalue weighted by atomic mass is 10.2. The molecule has 0 aliphatic rings. The first-order valence-corrected chi connectivity index (χ1v) is 6.78. The minimum Gasteiger partial charge on any atom is -0.384 e. The fraction of sp³-hybridized carbons (Fsp3) is 0.267. The number of rotatable bonds is 5. The highest BCUT2D eigenvalue weighted by Gasteiger charge is 2.12. The van der Waals surface area contributed by atoms with Crippen molar-refractivity contribution in [1.82, 2.24) is 9.55 Å². The van der Waals surface area contributed by atoms with Crippen molar-refractivity contribution in [3.8, 4) is 0 Å². The minimum atomic E-state index is -0.130. The van der Waals surface area contributed by atoms with E-state index in [4.69, 9.17) is 11.1 Å². The summed E-state index contributed by atoms with van der Waals surface area (Å²) in [4.78, 5) is 18.3.